The summed E-state index contributed by atoms with van der Waals surface area (Å²) in [5.74, 6) is 2.67. The minimum absolute atomic E-state index is 0.224. The Morgan fingerprint density at radius 3 is 2.06 bits per heavy atom. The first-order valence-corrected chi connectivity index (χ1v) is 7.95. The minimum Gasteiger partial charge on any atom is -0.396 e. The van der Waals surface area contributed by atoms with E-state index in [1.807, 2.05) is 0 Å². The van der Waals surface area contributed by atoms with Crippen LogP contribution >= 0.6 is 0 Å². The number of hydrogen-bond donors (Lipinski definition) is 1. The highest BCUT2D eigenvalue weighted by Crippen LogP contribution is 2.41. The van der Waals surface area contributed by atoms with Crippen molar-refractivity contribution in [2.24, 2.45) is 17.8 Å². The lowest BCUT2D eigenvalue weighted by molar-refractivity contribution is -0.123. The molecule has 2 rings (SSSR count). The second-order valence-electron chi connectivity index (χ2n) is 6.30. The summed E-state index contributed by atoms with van der Waals surface area (Å²) in [7, 11) is 0. The van der Waals surface area contributed by atoms with Crippen LogP contribution in [0.4, 0.5) is 0 Å². The van der Waals surface area contributed by atoms with Crippen molar-refractivity contribution in [3.63, 3.8) is 0 Å². The van der Waals surface area contributed by atoms with E-state index in [0.717, 1.165) is 37.5 Å². The molecular weight excluding hydrogens is 224 g/mol. The molecule has 2 fully saturated rings. The highest BCUT2D eigenvalue weighted by Gasteiger charge is 2.31. The first-order valence-electron chi connectivity index (χ1n) is 7.95. The molecule has 2 heteroatoms. The first kappa shape index (κ1) is 14.0. The summed E-state index contributed by atoms with van der Waals surface area (Å²) in [4.78, 5) is 12.1. The summed E-state index contributed by atoms with van der Waals surface area (Å²) in [5, 5.41) is 8.76. The van der Waals surface area contributed by atoms with Gasteiger partial charge in [-0.15, -0.1) is 0 Å². The zero-order valence-electron chi connectivity index (χ0n) is 11.6. The lowest BCUT2D eigenvalue weighted by atomic mass is 9.77. The standard InChI is InChI=1S/C16H28O2/c17-12-4-3-7-16(18)15-10-8-13-5-1-2-6-14(13)9-11-15/h13-15,17H,1-12H2. The fourth-order valence-corrected chi connectivity index (χ4v) is 3.96. The van der Waals surface area contributed by atoms with Crippen molar-refractivity contribution in [1.82, 2.24) is 0 Å². The number of carbonyl (C=O) groups is 1. The predicted molar refractivity (Wildman–Crippen MR) is 73.3 cm³/mol. The number of carbonyl (C=O) groups excluding carboxylic acids is 1. The Labute approximate surface area is 111 Å². The van der Waals surface area contributed by atoms with E-state index in [1.54, 1.807) is 0 Å². The van der Waals surface area contributed by atoms with Crippen molar-refractivity contribution in [1.29, 1.82) is 0 Å². The van der Waals surface area contributed by atoms with Gasteiger partial charge in [-0.25, -0.2) is 0 Å². The van der Waals surface area contributed by atoms with Gasteiger partial charge in [0, 0.05) is 18.9 Å². The van der Waals surface area contributed by atoms with Gasteiger partial charge in [0.15, 0.2) is 0 Å². The van der Waals surface area contributed by atoms with Gasteiger partial charge in [0.1, 0.15) is 5.78 Å². The van der Waals surface area contributed by atoms with E-state index < -0.39 is 0 Å². The van der Waals surface area contributed by atoms with Crippen LogP contribution in [0.1, 0.15) is 70.6 Å². The van der Waals surface area contributed by atoms with E-state index >= 15 is 0 Å². The van der Waals surface area contributed by atoms with Crippen molar-refractivity contribution >= 4 is 5.78 Å². The first-order chi connectivity index (χ1) is 8.81. The molecule has 0 bridgehead atoms. The largest absolute Gasteiger partial charge is 0.396 e. The van der Waals surface area contributed by atoms with Crippen LogP contribution in [0.5, 0.6) is 0 Å². The maximum Gasteiger partial charge on any atom is 0.135 e. The van der Waals surface area contributed by atoms with Crippen LogP contribution in [-0.2, 0) is 4.79 Å². The zero-order valence-corrected chi connectivity index (χ0v) is 11.6. The summed E-state index contributed by atoms with van der Waals surface area (Å²) in [6.07, 6.45) is 12.9. The monoisotopic (exact) mass is 252 g/mol. The Morgan fingerprint density at radius 2 is 1.50 bits per heavy atom. The lowest BCUT2D eigenvalue weighted by Crippen LogP contribution is -2.17. The smallest absolute Gasteiger partial charge is 0.135 e. The number of hydrogen-bond acceptors (Lipinski definition) is 2. The Morgan fingerprint density at radius 1 is 0.889 bits per heavy atom. The highest BCUT2D eigenvalue weighted by molar-refractivity contribution is 5.80. The molecular formula is C16H28O2. The van der Waals surface area contributed by atoms with Crippen LogP contribution < -0.4 is 0 Å². The number of Topliss-reactive ketones (excluding diaryl/α,β-unsaturated/α-hetero) is 1. The van der Waals surface area contributed by atoms with Crippen molar-refractivity contribution < 1.29 is 9.90 Å². The van der Waals surface area contributed by atoms with Gasteiger partial charge in [-0.3, -0.25) is 4.79 Å². The van der Waals surface area contributed by atoms with Crippen LogP contribution in [0.25, 0.3) is 0 Å². The summed E-state index contributed by atoms with van der Waals surface area (Å²) in [5.41, 5.74) is 0. The van der Waals surface area contributed by atoms with Gasteiger partial charge in [0.2, 0.25) is 0 Å². The fourth-order valence-electron chi connectivity index (χ4n) is 3.96. The molecule has 18 heavy (non-hydrogen) atoms. The quantitative estimate of drug-likeness (QED) is 0.757. The summed E-state index contributed by atoms with van der Waals surface area (Å²) < 4.78 is 0. The molecule has 0 radical (unpaired) electrons. The molecule has 0 saturated heterocycles. The van der Waals surface area contributed by atoms with Crippen molar-refractivity contribution in [2.75, 3.05) is 6.61 Å². The molecule has 2 unspecified atom stereocenters. The molecule has 2 aliphatic rings. The van der Waals surface area contributed by atoms with Crippen LogP contribution in [0.2, 0.25) is 0 Å². The van der Waals surface area contributed by atoms with Crippen molar-refractivity contribution in [3.8, 4) is 0 Å². The maximum atomic E-state index is 12.1. The van der Waals surface area contributed by atoms with E-state index in [-0.39, 0.29) is 6.61 Å². The zero-order chi connectivity index (χ0) is 12.8. The van der Waals surface area contributed by atoms with Gasteiger partial charge in [-0.1, -0.05) is 25.7 Å². The summed E-state index contributed by atoms with van der Waals surface area (Å²) in [6, 6.07) is 0. The van der Waals surface area contributed by atoms with Gasteiger partial charge >= 0.3 is 0 Å². The molecule has 2 nitrogen and oxygen atoms in total. The van der Waals surface area contributed by atoms with Crippen molar-refractivity contribution in [2.45, 2.75) is 70.6 Å². The Hall–Kier alpha value is -0.370. The van der Waals surface area contributed by atoms with E-state index in [9.17, 15) is 4.79 Å². The highest BCUT2D eigenvalue weighted by atomic mass is 16.2. The molecule has 2 aliphatic carbocycles. The SMILES string of the molecule is O=C(CCCCO)C1CCC2CCCCC2CC1. The van der Waals surface area contributed by atoms with Gasteiger partial charge in [0.25, 0.3) is 0 Å². The third-order valence-electron chi connectivity index (χ3n) is 5.12. The minimum atomic E-state index is 0.224. The second-order valence-corrected chi connectivity index (χ2v) is 6.30. The number of fused-ring (bicyclic) bond motifs is 1. The van der Waals surface area contributed by atoms with Crippen LogP contribution in [-0.4, -0.2) is 17.5 Å². The predicted octanol–water partition coefficient (Wildman–Crippen LogP) is 3.71. The fraction of sp³-hybridized carbons (Fsp3) is 0.938. The van der Waals surface area contributed by atoms with Gasteiger partial charge in [-0.05, 0) is 50.4 Å². The normalized spacial score (nSPS) is 32.6. The summed E-state index contributed by atoms with van der Waals surface area (Å²) in [6.45, 7) is 0.224. The molecule has 0 spiro atoms. The Kier molecular flexibility index (Phi) is 5.68. The van der Waals surface area contributed by atoms with Gasteiger partial charge < -0.3 is 5.11 Å². The Balaban J connectivity index is 1.78. The average Bonchev–Trinajstić information content (AvgIpc) is 2.61. The molecule has 1 N–H and O–H groups in total. The topological polar surface area (TPSA) is 37.3 Å². The van der Waals surface area contributed by atoms with Crippen LogP contribution in [0.15, 0.2) is 0 Å². The average molecular weight is 252 g/mol. The molecule has 0 amide bonds. The molecule has 2 saturated carbocycles. The number of rotatable bonds is 5. The maximum absolute atomic E-state index is 12.1. The number of aliphatic hydroxyl groups excluding tert-OH is 1. The third kappa shape index (κ3) is 3.81. The van der Waals surface area contributed by atoms with E-state index in [1.165, 1.54) is 38.5 Å². The molecule has 2 atom stereocenters. The van der Waals surface area contributed by atoms with Gasteiger partial charge in [-0.2, -0.15) is 0 Å². The molecule has 104 valence electrons. The van der Waals surface area contributed by atoms with Crippen molar-refractivity contribution in [3.05, 3.63) is 0 Å². The third-order valence-corrected chi connectivity index (χ3v) is 5.12. The number of ketones is 1. The van der Waals surface area contributed by atoms with Crippen LogP contribution in [0.3, 0.4) is 0 Å². The number of unbranched alkanes of at least 4 members (excludes halogenated alkanes) is 1. The molecule has 0 aliphatic heterocycles. The lowest BCUT2D eigenvalue weighted by Gasteiger charge is -2.29. The molecule has 0 aromatic carbocycles. The van der Waals surface area contributed by atoms with Crippen LogP contribution in [0, 0.1) is 17.8 Å². The Bertz CT molecular complexity index is 246. The molecule has 0 aromatic heterocycles. The second kappa shape index (κ2) is 7.28. The summed E-state index contributed by atoms with van der Waals surface area (Å²) >= 11 is 0. The van der Waals surface area contributed by atoms with E-state index in [0.29, 0.717) is 18.1 Å². The molecule has 0 aromatic rings. The van der Waals surface area contributed by atoms with Gasteiger partial charge in [0.05, 0.1) is 0 Å². The van der Waals surface area contributed by atoms with E-state index in [4.69, 9.17) is 5.11 Å². The number of aliphatic hydroxyl groups is 1. The van der Waals surface area contributed by atoms with E-state index in [2.05, 4.69) is 0 Å². The molecule has 0 heterocycles.